The third-order valence-corrected chi connectivity index (χ3v) is 3.96. The first-order chi connectivity index (χ1) is 9.81. The number of hydrogen-bond donors (Lipinski definition) is 0. The topological polar surface area (TPSA) is 9.23 Å². The minimum absolute atomic E-state index is 0.154. The van der Waals surface area contributed by atoms with Crippen LogP contribution in [0.2, 0.25) is 0 Å². The summed E-state index contributed by atoms with van der Waals surface area (Å²) < 4.78 is 6.06. The molecule has 0 radical (unpaired) electrons. The van der Waals surface area contributed by atoms with Gasteiger partial charge in [0.2, 0.25) is 0 Å². The van der Waals surface area contributed by atoms with Crippen molar-refractivity contribution in [3.8, 4) is 11.5 Å². The molecular weight excluding hydrogens is 280 g/mol. The van der Waals surface area contributed by atoms with Crippen molar-refractivity contribution in [1.82, 2.24) is 0 Å². The summed E-state index contributed by atoms with van der Waals surface area (Å²) in [7, 11) is 0. The van der Waals surface area contributed by atoms with E-state index < -0.39 is 0 Å². The third kappa shape index (κ3) is 3.79. The summed E-state index contributed by atoms with van der Waals surface area (Å²) >= 11 is 5.86. The van der Waals surface area contributed by atoms with E-state index in [9.17, 15) is 0 Å². The van der Waals surface area contributed by atoms with Crippen LogP contribution in [-0.2, 0) is 11.3 Å². The summed E-state index contributed by atoms with van der Waals surface area (Å²) in [6.07, 6.45) is 0. The molecule has 0 saturated carbocycles. The second kappa shape index (κ2) is 6.11. The first-order valence-corrected chi connectivity index (χ1v) is 7.79. The largest absolute Gasteiger partial charge is 0.457 e. The molecule has 0 fully saturated rings. The summed E-state index contributed by atoms with van der Waals surface area (Å²) in [5.41, 5.74) is 4.85. The van der Waals surface area contributed by atoms with Crippen LogP contribution in [0.5, 0.6) is 11.5 Å². The first kappa shape index (κ1) is 15.9. The molecular formula is C19H23ClO. The lowest BCUT2D eigenvalue weighted by Crippen LogP contribution is -2.11. The maximum absolute atomic E-state index is 6.06. The van der Waals surface area contributed by atoms with Gasteiger partial charge in [0, 0.05) is 5.88 Å². The molecule has 2 rings (SSSR count). The Morgan fingerprint density at radius 3 is 1.95 bits per heavy atom. The minimum Gasteiger partial charge on any atom is -0.457 e. The van der Waals surface area contributed by atoms with E-state index in [-0.39, 0.29) is 5.41 Å². The van der Waals surface area contributed by atoms with Gasteiger partial charge in [-0.1, -0.05) is 45.0 Å². The molecule has 2 aromatic rings. The van der Waals surface area contributed by atoms with Crippen molar-refractivity contribution in [2.24, 2.45) is 0 Å². The van der Waals surface area contributed by atoms with Gasteiger partial charge in [-0.2, -0.15) is 0 Å². The molecule has 0 heterocycles. The molecule has 112 valence electrons. The minimum atomic E-state index is 0.154. The van der Waals surface area contributed by atoms with Gasteiger partial charge in [0.05, 0.1) is 0 Å². The Morgan fingerprint density at radius 1 is 0.905 bits per heavy atom. The zero-order valence-corrected chi connectivity index (χ0v) is 14.2. The van der Waals surface area contributed by atoms with Crippen LogP contribution in [0.4, 0.5) is 0 Å². The SMILES string of the molecule is Cc1cc(CCl)ccc1Oc1ccc(C(C)(C)C)cc1C. The number of hydrogen-bond acceptors (Lipinski definition) is 1. The van der Waals surface area contributed by atoms with E-state index in [1.54, 1.807) is 0 Å². The Morgan fingerprint density at radius 2 is 1.48 bits per heavy atom. The molecule has 2 heteroatoms. The van der Waals surface area contributed by atoms with Crippen molar-refractivity contribution >= 4 is 11.6 Å². The molecule has 21 heavy (non-hydrogen) atoms. The maximum Gasteiger partial charge on any atom is 0.130 e. The average molecular weight is 303 g/mol. The van der Waals surface area contributed by atoms with Crippen molar-refractivity contribution in [2.45, 2.75) is 45.9 Å². The van der Waals surface area contributed by atoms with Crippen LogP contribution in [0.3, 0.4) is 0 Å². The van der Waals surface area contributed by atoms with Gasteiger partial charge in [-0.15, -0.1) is 11.6 Å². The first-order valence-electron chi connectivity index (χ1n) is 7.26. The van der Waals surface area contributed by atoms with Gasteiger partial charge < -0.3 is 4.74 Å². The van der Waals surface area contributed by atoms with Gasteiger partial charge in [-0.3, -0.25) is 0 Å². The van der Waals surface area contributed by atoms with E-state index in [2.05, 4.69) is 52.0 Å². The lowest BCUT2D eigenvalue weighted by molar-refractivity contribution is 0.473. The highest BCUT2D eigenvalue weighted by Gasteiger charge is 2.15. The Hall–Kier alpha value is -1.47. The standard InChI is InChI=1S/C19H23ClO/c1-13-10-15(12-20)6-8-17(13)21-18-9-7-16(11-14(18)2)19(3,4)5/h6-11H,12H2,1-5H3. The van der Waals surface area contributed by atoms with E-state index in [1.165, 1.54) is 5.56 Å². The number of aryl methyl sites for hydroxylation is 2. The van der Waals surface area contributed by atoms with Crippen LogP contribution < -0.4 is 4.74 Å². The quantitative estimate of drug-likeness (QED) is 0.619. The van der Waals surface area contributed by atoms with E-state index >= 15 is 0 Å². The lowest BCUT2D eigenvalue weighted by Gasteiger charge is -2.21. The summed E-state index contributed by atoms with van der Waals surface area (Å²) in [6, 6.07) is 12.5. The molecule has 0 N–H and O–H groups in total. The smallest absolute Gasteiger partial charge is 0.130 e. The third-order valence-electron chi connectivity index (χ3n) is 3.65. The maximum atomic E-state index is 6.06. The van der Waals surface area contributed by atoms with Crippen molar-refractivity contribution in [2.75, 3.05) is 0 Å². The molecule has 0 atom stereocenters. The number of benzene rings is 2. The van der Waals surface area contributed by atoms with E-state index in [0.717, 1.165) is 28.2 Å². The molecule has 0 saturated heterocycles. The lowest BCUT2D eigenvalue weighted by atomic mass is 9.86. The Kier molecular flexibility index (Phi) is 4.63. The molecule has 0 unspecified atom stereocenters. The van der Waals surface area contributed by atoms with Crippen LogP contribution in [-0.4, -0.2) is 0 Å². The van der Waals surface area contributed by atoms with Crippen LogP contribution in [0.1, 0.15) is 43.0 Å². The second-order valence-corrected chi connectivity index (χ2v) is 6.83. The average Bonchev–Trinajstić information content (AvgIpc) is 2.41. The normalized spacial score (nSPS) is 11.5. The molecule has 2 aromatic carbocycles. The zero-order chi connectivity index (χ0) is 15.6. The molecule has 0 aliphatic heterocycles. The Bertz CT molecular complexity index is 638. The monoisotopic (exact) mass is 302 g/mol. The molecule has 0 aliphatic carbocycles. The molecule has 0 amide bonds. The van der Waals surface area contributed by atoms with Crippen LogP contribution in [0, 0.1) is 13.8 Å². The van der Waals surface area contributed by atoms with Crippen molar-refractivity contribution in [3.05, 3.63) is 58.7 Å². The highest BCUT2D eigenvalue weighted by atomic mass is 35.5. The number of rotatable bonds is 3. The fraction of sp³-hybridized carbons (Fsp3) is 0.368. The second-order valence-electron chi connectivity index (χ2n) is 6.57. The number of ether oxygens (including phenoxy) is 1. The summed E-state index contributed by atoms with van der Waals surface area (Å²) in [4.78, 5) is 0. The molecule has 1 nitrogen and oxygen atoms in total. The van der Waals surface area contributed by atoms with Crippen molar-refractivity contribution in [1.29, 1.82) is 0 Å². The fourth-order valence-electron chi connectivity index (χ4n) is 2.26. The molecule has 0 aromatic heterocycles. The van der Waals surface area contributed by atoms with Crippen LogP contribution >= 0.6 is 11.6 Å². The highest BCUT2D eigenvalue weighted by molar-refractivity contribution is 6.17. The van der Waals surface area contributed by atoms with Gasteiger partial charge in [-0.05, 0) is 53.6 Å². The predicted molar refractivity (Wildman–Crippen MR) is 90.7 cm³/mol. The Labute approximate surface area is 132 Å². The fourth-order valence-corrected chi connectivity index (χ4v) is 2.42. The molecule has 0 aliphatic rings. The van der Waals surface area contributed by atoms with Crippen LogP contribution in [0.15, 0.2) is 36.4 Å². The molecule has 0 spiro atoms. The predicted octanol–water partition coefficient (Wildman–Crippen LogP) is 6.13. The highest BCUT2D eigenvalue weighted by Crippen LogP contribution is 2.32. The van der Waals surface area contributed by atoms with Crippen molar-refractivity contribution in [3.63, 3.8) is 0 Å². The van der Waals surface area contributed by atoms with Gasteiger partial charge in [0.1, 0.15) is 11.5 Å². The van der Waals surface area contributed by atoms with Gasteiger partial charge >= 0.3 is 0 Å². The van der Waals surface area contributed by atoms with Crippen LogP contribution in [0.25, 0.3) is 0 Å². The molecule has 0 bridgehead atoms. The summed E-state index contributed by atoms with van der Waals surface area (Å²) in [6.45, 7) is 10.8. The number of alkyl halides is 1. The van der Waals surface area contributed by atoms with E-state index in [0.29, 0.717) is 5.88 Å². The Balaban J connectivity index is 2.28. The van der Waals surface area contributed by atoms with E-state index in [4.69, 9.17) is 16.3 Å². The summed E-state index contributed by atoms with van der Waals surface area (Å²) in [5, 5.41) is 0. The van der Waals surface area contributed by atoms with Crippen molar-refractivity contribution < 1.29 is 4.74 Å². The van der Waals surface area contributed by atoms with Gasteiger partial charge in [0.25, 0.3) is 0 Å². The van der Waals surface area contributed by atoms with E-state index in [1.807, 2.05) is 19.1 Å². The summed E-state index contributed by atoms with van der Waals surface area (Å²) in [5.74, 6) is 2.32. The van der Waals surface area contributed by atoms with Gasteiger partial charge in [0.15, 0.2) is 0 Å². The zero-order valence-electron chi connectivity index (χ0n) is 13.5. The number of halogens is 1. The van der Waals surface area contributed by atoms with Gasteiger partial charge in [-0.25, -0.2) is 0 Å².